The Morgan fingerprint density at radius 2 is 2.22 bits per heavy atom. The van der Waals surface area contributed by atoms with Crippen molar-refractivity contribution in [1.82, 2.24) is 5.32 Å². The number of nitrogens with zero attached hydrogens (tertiary/aromatic N) is 1. The fourth-order valence-electron chi connectivity index (χ4n) is 0.517. The van der Waals surface area contributed by atoms with Crippen LogP contribution in [0.5, 0.6) is 0 Å². The van der Waals surface area contributed by atoms with Crippen LogP contribution in [0.1, 0.15) is 13.8 Å². The third-order valence-electron chi connectivity index (χ3n) is 1.13. The summed E-state index contributed by atoms with van der Waals surface area (Å²) in [6.45, 7) is 5.73. The molecule has 1 saturated heterocycles. The van der Waals surface area contributed by atoms with Crippen LogP contribution in [0.15, 0.2) is 5.16 Å². The minimum absolute atomic E-state index is 0.319. The molecule has 0 aromatic rings. The van der Waals surface area contributed by atoms with Crippen molar-refractivity contribution in [2.24, 2.45) is 5.16 Å². The zero-order chi connectivity index (χ0) is 6.69. The van der Waals surface area contributed by atoms with Crippen molar-refractivity contribution in [3.63, 3.8) is 0 Å². The van der Waals surface area contributed by atoms with E-state index in [1.165, 1.54) is 0 Å². The summed E-state index contributed by atoms with van der Waals surface area (Å²) in [6.07, 6.45) is 0.319. The van der Waals surface area contributed by atoms with Crippen LogP contribution in [0.4, 0.5) is 0 Å². The van der Waals surface area contributed by atoms with Gasteiger partial charge in [0.2, 0.25) is 0 Å². The molecule has 1 fully saturated rings. The van der Waals surface area contributed by atoms with E-state index < -0.39 is 0 Å². The van der Waals surface area contributed by atoms with E-state index in [2.05, 4.69) is 10.5 Å². The molecule has 52 valence electrons. The summed E-state index contributed by atoms with van der Waals surface area (Å²) >= 11 is 0. The molecule has 0 aliphatic carbocycles. The molecule has 1 rings (SSSR count). The molecule has 1 aliphatic heterocycles. The van der Waals surface area contributed by atoms with Gasteiger partial charge < -0.3 is 10.2 Å². The lowest BCUT2D eigenvalue weighted by Gasteiger charge is -2.24. The third-order valence-corrected chi connectivity index (χ3v) is 1.13. The van der Waals surface area contributed by atoms with Crippen LogP contribution in [0, 0.1) is 0 Å². The van der Waals surface area contributed by atoms with E-state index in [1.807, 2.05) is 13.8 Å². The number of rotatable bonds is 2. The molecular formula is C6H12N2O. The Kier molecular flexibility index (Phi) is 2.05. The second kappa shape index (κ2) is 2.82. The van der Waals surface area contributed by atoms with Gasteiger partial charge in [-0.1, -0.05) is 5.16 Å². The average molecular weight is 128 g/mol. The van der Waals surface area contributed by atoms with Crippen molar-refractivity contribution in [2.45, 2.75) is 20.0 Å². The first-order valence-corrected chi connectivity index (χ1v) is 3.17. The number of nitrogens with one attached hydrogen (secondary N) is 1. The van der Waals surface area contributed by atoms with E-state index in [9.17, 15) is 0 Å². The van der Waals surface area contributed by atoms with E-state index in [0.717, 1.165) is 18.8 Å². The molecule has 0 aromatic heterocycles. The van der Waals surface area contributed by atoms with Gasteiger partial charge in [0, 0.05) is 13.1 Å². The quantitative estimate of drug-likeness (QED) is 0.430. The molecule has 9 heavy (non-hydrogen) atoms. The summed E-state index contributed by atoms with van der Waals surface area (Å²) in [7, 11) is 0. The van der Waals surface area contributed by atoms with Crippen LogP contribution < -0.4 is 5.32 Å². The molecule has 0 amide bonds. The van der Waals surface area contributed by atoms with Crippen molar-refractivity contribution < 1.29 is 4.84 Å². The number of hydrogen-bond donors (Lipinski definition) is 1. The molecule has 0 radical (unpaired) electrons. The molecule has 0 saturated carbocycles. The standard InChI is InChI=1S/C6H12N2O/c1-5(2)8-9-6-3-7-4-6/h6-7H,3-4H2,1-2H3. The Hall–Kier alpha value is -0.570. The highest BCUT2D eigenvalue weighted by Gasteiger charge is 2.17. The summed E-state index contributed by atoms with van der Waals surface area (Å²) in [5.41, 5.74) is 0.974. The van der Waals surface area contributed by atoms with Gasteiger partial charge >= 0.3 is 0 Å². The molecule has 0 bridgehead atoms. The van der Waals surface area contributed by atoms with Gasteiger partial charge in [-0.15, -0.1) is 0 Å². The maximum Gasteiger partial charge on any atom is 0.152 e. The molecule has 3 nitrogen and oxygen atoms in total. The second-order valence-electron chi connectivity index (χ2n) is 2.42. The Balaban J connectivity index is 2.10. The van der Waals surface area contributed by atoms with E-state index in [4.69, 9.17) is 4.84 Å². The maximum atomic E-state index is 5.06. The van der Waals surface area contributed by atoms with Crippen molar-refractivity contribution in [1.29, 1.82) is 0 Å². The van der Waals surface area contributed by atoms with Crippen LogP contribution in [0.2, 0.25) is 0 Å². The van der Waals surface area contributed by atoms with Crippen molar-refractivity contribution in [3.05, 3.63) is 0 Å². The highest BCUT2D eigenvalue weighted by atomic mass is 16.6. The molecule has 0 atom stereocenters. The highest BCUT2D eigenvalue weighted by Crippen LogP contribution is 1.97. The molecule has 1 N–H and O–H groups in total. The van der Waals surface area contributed by atoms with Gasteiger partial charge in [0.25, 0.3) is 0 Å². The van der Waals surface area contributed by atoms with Crippen molar-refractivity contribution in [2.75, 3.05) is 13.1 Å². The van der Waals surface area contributed by atoms with Gasteiger partial charge in [-0.05, 0) is 13.8 Å². The molecule has 1 aliphatic rings. The van der Waals surface area contributed by atoms with Crippen LogP contribution in [-0.2, 0) is 4.84 Å². The minimum atomic E-state index is 0.319. The zero-order valence-corrected chi connectivity index (χ0v) is 5.85. The van der Waals surface area contributed by atoms with Crippen molar-refractivity contribution in [3.8, 4) is 0 Å². The zero-order valence-electron chi connectivity index (χ0n) is 5.85. The Labute approximate surface area is 55.1 Å². The smallest absolute Gasteiger partial charge is 0.152 e. The van der Waals surface area contributed by atoms with Gasteiger partial charge in [-0.2, -0.15) is 0 Å². The minimum Gasteiger partial charge on any atom is -0.390 e. The van der Waals surface area contributed by atoms with Gasteiger partial charge in [-0.3, -0.25) is 0 Å². The van der Waals surface area contributed by atoms with Gasteiger partial charge in [0.1, 0.15) is 0 Å². The molecule has 0 aromatic carbocycles. The van der Waals surface area contributed by atoms with Gasteiger partial charge in [0.15, 0.2) is 6.10 Å². The number of hydrogen-bond acceptors (Lipinski definition) is 3. The lowest BCUT2D eigenvalue weighted by atomic mass is 10.2. The molecule has 0 spiro atoms. The van der Waals surface area contributed by atoms with Crippen molar-refractivity contribution >= 4 is 5.71 Å². The van der Waals surface area contributed by atoms with E-state index in [-0.39, 0.29) is 0 Å². The number of oxime groups is 1. The SMILES string of the molecule is CC(C)=NOC1CNC1. The summed E-state index contributed by atoms with van der Waals surface area (Å²) in [5, 5.41) is 6.91. The fraction of sp³-hybridized carbons (Fsp3) is 0.833. The first-order valence-electron chi connectivity index (χ1n) is 3.17. The predicted molar refractivity (Wildman–Crippen MR) is 36.5 cm³/mol. The highest BCUT2D eigenvalue weighted by molar-refractivity contribution is 5.78. The summed E-state index contributed by atoms with van der Waals surface area (Å²) in [4.78, 5) is 5.06. The first kappa shape index (κ1) is 6.55. The topological polar surface area (TPSA) is 33.6 Å². The summed E-state index contributed by atoms with van der Waals surface area (Å²) in [6, 6.07) is 0. The van der Waals surface area contributed by atoms with Crippen LogP contribution in [0.3, 0.4) is 0 Å². The molecule has 1 heterocycles. The predicted octanol–water partition coefficient (Wildman–Crippen LogP) is 0.371. The third kappa shape index (κ3) is 2.01. The van der Waals surface area contributed by atoms with Crippen LogP contribution in [0.25, 0.3) is 0 Å². The van der Waals surface area contributed by atoms with Crippen LogP contribution in [-0.4, -0.2) is 24.9 Å². The van der Waals surface area contributed by atoms with Gasteiger partial charge in [0.05, 0.1) is 5.71 Å². The maximum absolute atomic E-state index is 5.06. The summed E-state index contributed by atoms with van der Waals surface area (Å²) in [5.74, 6) is 0. The second-order valence-corrected chi connectivity index (χ2v) is 2.42. The monoisotopic (exact) mass is 128 g/mol. The summed E-state index contributed by atoms with van der Waals surface area (Å²) < 4.78 is 0. The average Bonchev–Trinajstić information content (AvgIpc) is 1.60. The largest absolute Gasteiger partial charge is 0.390 e. The molecule has 0 unspecified atom stereocenters. The normalized spacial score (nSPS) is 18.4. The van der Waals surface area contributed by atoms with E-state index in [0.29, 0.717) is 6.10 Å². The van der Waals surface area contributed by atoms with Gasteiger partial charge in [-0.25, -0.2) is 0 Å². The van der Waals surface area contributed by atoms with E-state index >= 15 is 0 Å². The van der Waals surface area contributed by atoms with Crippen LogP contribution >= 0.6 is 0 Å². The Morgan fingerprint density at radius 1 is 1.56 bits per heavy atom. The Morgan fingerprint density at radius 3 is 2.56 bits per heavy atom. The Bertz CT molecular complexity index is 114. The lowest BCUT2D eigenvalue weighted by Crippen LogP contribution is -2.47. The molecule has 3 heteroatoms. The molecular weight excluding hydrogens is 116 g/mol. The van der Waals surface area contributed by atoms with E-state index in [1.54, 1.807) is 0 Å². The lowest BCUT2D eigenvalue weighted by molar-refractivity contribution is 0.0229. The fourth-order valence-corrected chi connectivity index (χ4v) is 0.517. The first-order chi connectivity index (χ1) is 4.29.